The van der Waals surface area contributed by atoms with Crippen molar-refractivity contribution >= 4 is 11.6 Å². The van der Waals surface area contributed by atoms with Gasteiger partial charge < -0.3 is 20.5 Å². The van der Waals surface area contributed by atoms with Crippen LogP contribution in [-0.2, 0) is 4.74 Å². The standard InChI is InChI=1S/C14H19FN2O3/c15-12-9-10(1-2-13(12)16)14(19)17-5-3-11(4-6-17)20-8-7-18/h1-2,9,11,18H,3-8,16H2. The van der Waals surface area contributed by atoms with Crippen molar-refractivity contribution in [3.05, 3.63) is 29.6 Å². The van der Waals surface area contributed by atoms with Gasteiger partial charge in [0.15, 0.2) is 0 Å². The van der Waals surface area contributed by atoms with Crippen molar-refractivity contribution in [2.45, 2.75) is 18.9 Å². The first kappa shape index (κ1) is 14.7. The predicted molar refractivity (Wildman–Crippen MR) is 72.8 cm³/mol. The van der Waals surface area contributed by atoms with Crippen LogP contribution >= 0.6 is 0 Å². The molecule has 1 amide bonds. The molecule has 1 heterocycles. The highest BCUT2D eigenvalue weighted by molar-refractivity contribution is 5.94. The molecule has 0 saturated carbocycles. The Morgan fingerprint density at radius 1 is 1.45 bits per heavy atom. The monoisotopic (exact) mass is 282 g/mol. The number of anilines is 1. The van der Waals surface area contributed by atoms with Crippen LogP contribution in [0.3, 0.4) is 0 Å². The number of carbonyl (C=O) groups excluding carboxylic acids is 1. The van der Waals surface area contributed by atoms with Gasteiger partial charge in [-0.25, -0.2) is 4.39 Å². The molecule has 1 aromatic carbocycles. The highest BCUT2D eigenvalue weighted by Gasteiger charge is 2.24. The predicted octanol–water partition coefficient (Wildman–Crippen LogP) is 1.02. The minimum absolute atomic E-state index is 0.00383. The number of nitrogens with two attached hydrogens (primary N) is 1. The van der Waals surface area contributed by atoms with Gasteiger partial charge in [0.1, 0.15) is 5.82 Å². The number of hydrogen-bond acceptors (Lipinski definition) is 4. The maximum absolute atomic E-state index is 13.4. The van der Waals surface area contributed by atoms with Gasteiger partial charge in [-0.2, -0.15) is 0 Å². The van der Waals surface area contributed by atoms with Crippen molar-refractivity contribution in [3.8, 4) is 0 Å². The van der Waals surface area contributed by atoms with E-state index in [1.165, 1.54) is 18.2 Å². The van der Waals surface area contributed by atoms with Gasteiger partial charge in [-0.1, -0.05) is 0 Å². The van der Waals surface area contributed by atoms with E-state index < -0.39 is 5.82 Å². The van der Waals surface area contributed by atoms with Crippen LogP contribution < -0.4 is 5.73 Å². The first-order chi connectivity index (χ1) is 9.61. The van der Waals surface area contributed by atoms with E-state index in [1.54, 1.807) is 4.90 Å². The average Bonchev–Trinajstić information content (AvgIpc) is 2.48. The number of halogens is 1. The van der Waals surface area contributed by atoms with Crippen LogP contribution in [0.2, 0.25) is 0 Å². The lowest BCUT2D eigenvalue weighted by atomic mass is 10.1. The van der Waals surface area contributed by atoms with E-state index in [-0.39, 0.29) is 24.3 Å². The molecule has 0 spiro atoms. The maximum Gasteiger partial charge on any atom is 0.253 e. The summed E-state index contributed by atoms with van der Waals surface area (Å²) >= 11 is 0. The molecule has 0 bridgehead atoms. The van der Waals surface area contributed by atoms with E-state index in [9.17, 15) is 9.18 Å². The van der Waals surface area contributed by atoms with Crippen LogP contribution in [0.25, 0.3) is 0 Å². The average molecular weight is 282 g/mol. The van der Waals surface area contributed by atoms with Crippen molar-refractivity contribution in [1.29, 1.82) is 0 Å². The summed E-state index contributed by atoms with van der Waals surface area (Å²) in [6.45, 7) is 1.47. The van der Waals surface area contributed by atoms with Gasteiger partial charge in [0.25, 0.3) is 5.91 Å². The summed E-state index contributed by atoms with van der Waals surface area (Å²) in [5.41, 5.74) is 5.75. The molecule has 0 atom stereocenters. The van der Waals surface area contributed by atoms with Gasteiger partial charge in [0.2, 0.25) is 0 Å². The summed E-state index contributed by atoms with van der Waals surface area (Å²) in [6, 6.07) is 4.11. The van der Waals surface area contributed by atoms with Gasteiger partial charge in [-0.3, -0.25) is 4.79 Å². The van der Waals surface area contributed by atoms with Crippen LogP contribution in [0, 0.1) is 5.82 Å². The molecule has 5 nitrogen and oxygen atoms in total. The molecule has 0 unspecified atom stereocenters. The summed E-state index contributed by atoms with van der Waals surface area (Å²) in [5, 5.41) is 8.70. The van der Waals surface area contributed by atoms with E-state index in [0.717, 1.165) is 12.8 Å². The van der Waals surface area contributed by atoms with E-state index in [1.807, 2.05) is 0 Å². The molecule has 1 aliphatic heterocycles. The lowest BCUT2D eigenvalue weighted by molar-refractivity contribution is -0.00554. The first-order valence-corrected chi connectivity index (χ1v) is 6.68. The third-order valence-corrected chi connectivity index (χ3v) is 3.42. The Bertz CT molecular complexity index is 473. The summed E-state index contributed by atoms with van der Waals surface area (Å²) in [7, 11) is 0. The van der Waals surface area contributed by atoms with Gasteiger partial charge in [0.05, 0.1) is 25.0 Å². The van der Waals surface area contributed by atoms with Crippen molar-refractivity contribution in [1.82, 2.24) is 4.90 Å². The van der Waals surface area contributed by atoms with Crippen molar-refractivity contribution in [2.24, 2.45) is 0 Å². The number of likely N-dealkylation sites (tertiary alicyclic amines) is 1. The van der Waals surface area contributed by atoms with Gasteiger partial charge >= 0.3 is 0 Å². The van der Waals surface area contributed by atoms with Crippen LogP contribution in [0.15, 0.2) is 18.2 Å². The summed E-state index contributed by atoms with van der Waals surface area (Å²) in [5.74, 6) is -0.762. The summed E-state index contributed by atoms with van der Waals surface area (Å²) < 4.78 is 18.8. The second-order valence-corrected chi connectivity index (χ2v) is 4.82. The van der Waals surface area contributed by atoms with Crippen LogP contribution in [0.5, 0.6) is 0 Å². The zero-order valence-electron chi connectivity index (χ0n) is 11.2. The van der Waals surface area contributed by atoms with E-state index in [2.05, 4.69) is 0 Å². The second-order valence-electron chi connectivity index (χ2n) is 4.82. The smallest absolute Gasteiger partial charge is 0.253 e. The Balaban J connectivity index is 1.92. The summed E-state index contributed by atoms with van der Waals surface area (Å²) in [4.78, 5) is 13.9. The fourth-order valence-electron chi connectivity index (χ4n) is 2.29. The molecule has 1 fully saturated rings. The van der Waals surface area contributed by atoms with Crippen molar-refractivity contribution in [3.63, 3.8) is 0 Å². The van der Waals surface area contributed by atoms with Crippen LogP contribution in [0.1, 0.15) is 23.2 Å². The molecule has 110 valence electrons. The SMILES string of the molecule is Nc1ccc(C(=O)N2CCC(OCCO)CC2)cc1F. The fourth-order valence-corrected chi connectivity index (χ4v) is 2.29. The van der Waals surface area contributed by atoms with Crippen LogP contribution in [-0.4, -0.2) is 48.3 Å². The number of aliphatic hydroxyl groups is 1. The fraction of sp³-hybridized carbons (Fsp3) is 0.500. The molecule has 0 aromatic heterocycles. The van der Waals surface area contributed by atoms with Gasteiger partial charge in [0, 0.05) is 18.7 Å². The minimum Gasteiger partial charge on any atom is -0.396 e. The quantitative estimate of drug-likeness (QED) is 0.809. The molecule has 0 aliphatic carbocycles. The molecule has 3 N–H and O–H groups in total. The summed E-state index contributed by atoms with van der Waals surface area (Å²) in [6.07, 6.45) is 1.53. The number of nitrogens with zero attached hydrogens (tertiary/aromatic N) is 1. The number of amides is 1. The normalized spacial score (nSPS) is 16.4. The molecule has 2 rings (SSSR count). The topological polar surface area (TPSA) is 75.8 Å². The van der Waals surface area contributed by atoms with Crippen molar-refractivity contribution < 1.29 is 19.0 Å². The maximum atomic E-state index is 13.4. The minimum atomic E-state index is -0.572. The third-order valence-electron chi connectivity index (χ3n) is 3.42. The van der Waals surface area contributed by atoms with Crippen molar-refractivity contribution in [2.75, 3.05) is 32.0 Å². The Morgan fingerprint density at radius 2 is 2.15 bits per heavy atom. The molecule has 0 radical (unpaired) electrons. The van der Waals surface area contributed by atoms with E-state index >= 15 is 0 Å². The number of aliphatic hydroxyl groups excluding tert-OH is 1. The molecule has 1 saturated heterocycles. The number of ether oxygens (including phenoxy) is 1. The molecular weight excluding hydrogens is 263 g/mol. The highest BCUT2D eigenvalue weighted by atomic mass is 19.1. The van der Waals surface area contributed by atoms with Gasteiger partial charge in [-0.05, 0) is 31.0 Å². The Morgan fingerprint density at radius 3 is 2.75 bits per heavy atom. The number of hydrogen-bond donors (Lipinski definition) is 2. The molecule has 20 heavy (non-hydrogen) atoms. The Hall–Kier alpha value is -1.66. The first-order valence-electron chi connectivity index (χ1n) is 6.68. The zero-order chi connectivity index (χ0) is 14.5. The number of piperidine rings is 1. The molecule has 1 aromatic rings. The lowest BCUT2D eigenvalue weighted by Crippen LogP contribution is -2.41. The Labute approximate surface area is 117 Å². The second kappa shape index (κ2) is 6.67. The van der Waals surface area contributed by atoms with E-state index in [0.29, 0.717) is 25.3 Å². The number of rotatable bonds is 4. The third kappa shape index (κ3) is 3.46. The van der Waals surface area contributed by atoms with Crippen LogP contribution in [0.4, 0.5) is 10.1 Å². The molecule has 1 aliphatic rings. The molecule has 6 heteroatoms. The Kier molecular flexibility index (Phi) is 4.92. The molecular formula is C14H19FN2O3. The van der Waals surface area contributed by atoms with Gasteiger partial charge in [-0.15, -0.1) is 0 Å². The zero-order valence-corrected chi connectivity index (χ0v) is 11.2. The lowest BCUT2D eigenvalue weighted by Gasteiger charge is -2.32. The number of nitrogen functional groups attached to an aromatic ring is 1. The largest absolute Gasteiger partial charge is 0.396 e. The number of carbonyl (C=O) groups is 1. The van der Waals surface area contributed by atoms with E-state index in [4.69, 9.17) is 15.6 Å². The number of benzene rings is 1. The highest BCUT2D eigenvalue weighted by Crippen LogP contribution is 2.18.